The highest BCUT2D eigenvalue weighted by Gasteiger charge is 2.16. The van der Waals surface area contributed by atoms with Gasteiger partial charge in [0.05, 0.1) is 12.7 Å². The summed E-state index contributed by atoms with van der Waals surface area (Å²) in [7, 11) is 0. The summed E-state index contributed by atoms with van der Waals surface area (Å²) in [6, 6.07) is 1.75. The molecule has 0 spiro atoms. The fourth-order valence-electron chi connectivity index (χ4n) is 1.20. The minimum atomic E-state index is 0. The molecule has 0 bridgehead atoms. The number of halogens is 1. The lowest BCUT2D eigenvalue weighted by Crippen LogP contribution is -2.31. The SMILES string of the molecule is Cl.O=CN1CCOc2ccncc21. The van der Waals surface area contributed by atoms with Crippen LogP contribution in [-0.2, 0) is 4.79 Å². The Morgan fingerprint density at radius 3 is 3.23 bits per heavy atom. The van der Waals surface area contributed by atoms with Gasteiger partial charge in [0, 0.05) is 12.3 Å². The standard InChI is InChI=1S/C8H8N2O2.ClH/c11-6-10-3-4-12-8-1-2-9-5-7(8)10;/h1-2,5-6H,3-4H2;1H. The fraction of sp³-hybridized carbons (Fsp3) is 0.250. The van der Waals surface area contributed by atoms with Crippen molar-refractivity contribution in [2.45, 2.75) is 0 Å². The zero-order valence-electron chi connectivity index (χ0n) is 6.84. The Balaban J connectivity index is 0.000000845. The van der Waals surface area contributed by atoms with E-state index in [0.29, 0.717) is 13.2 Å². The maximum Gasteiger partial charge on any atom is 0.214 e. The van der Waals surface area contributed by atoms with Crippen LogP contribution < -0.4 is 9.64 Å². The highest BCUT2D eigenvalue weighted by Crippen LogP contribution is 2.28. The second-order valence-electron chi connectivity index (χ2n) is 2.49. The second kappa shape index (κ2) is 4.09. The number of anilines is 1. The predicted molar refractivity (Wildman–Crippen MR) is 50.4 cm³/mol. The highest BCUT2D eigenvalue weighted by atomic mass is 35.5. The first-order valence-corrected chi connectivity index (χ1v) is 3.70. The van der Waals surface area contributed by atoms with Gasteiger partial charge in [0.15, 0.2) is 0 Å². The van der Waals surface area contributed by atoms with Crippen molar-refractivity contribution in [3.05, 3.63) is 18.5 Å². The minimum absolute atomic E-state index is 0. The van der Waals surface area contributed by atoms with E-state index < -0.39 is 0 Å². The third kappa shape index (κ3) is 1.72. The van der Waals surface area contributed by atoms with Gasteiger partial charge in [-0.15, -0.1) is 12.4 Å². The summed E-state index contributed by atoms with van der Waals surface area (Å²) >= 11 is 0. The molecule has 1 amide bonds. The number of amides is 1. The molecule has 0 atom stereocenters. The molecule has 2 heterocycles. The van der Waals surface area contributed by atoms with Crippen LogP contribution in [0.1, 0.15) is 0 Å². The van der Waals surface area contributed by atoms with Crippen molar-refractivity contribution in [1.82, 2.24) is 4.98 Å². The van der Waals surface area contributed by atoms with E-state index in [0.717, 1.165) is 17.8 Å². The van der Waals surface area contributed by atoms with Crippen LogP contribution in [0.25, 0.3) is 0 Å². The fourth-order valence-corrected chi connectivity index (χ4v) is 1.20. The largest absolute Gasteiger partial charge is 0.489 e. The van der Waals surface area contributed by atoms with Crippen LogP contribution in [0.3, 0.4) is 0 Å². The van der Waals surface area contributed by atoms with Gasteiger partial charge in [-0.1, -0.05) is 0 Å². The molecular formula is C8H9ClN2O2. The molecule has 0 aromatic carbocycles. The second-order valence-corrected chi connectivity index (χ2v) is 2.49. The summed E-state index contributed by atoms with van der Waals surface area (Å²) in [6.45, 7) is 1.15. The number of pyridine rings is 1. The Hall–Kier alpha value is -1.29. The summed E-state index contributed by atoms with van der Waals surface area (Å²) in [4.78, 5) is 16.1. The van der Waals surface area contributed by atoms with Gasteiger partial charge in [-0.2, -0.15) is 0 Å². The molecule has 1 aromatic rings. The van der Waals surface area contributed by atoms with E-state index >= 15 is 0 Å². The van der Waals surface area contributed by atoms with Gasteiger partial charge in [-0.05, 0) is 0 Å². The molecule has 0 radical (unpaired) electrons. The van der Waals surface area contributed by atoms with Gasteiger partial charge in [0.2, 0.25) is 6.41 Å². The van der Waals surface area contributed by atoms with E-state index in [2.05, 4.69) is 4.98 Å². The topological polar surface area (TPSA) is 42.4 Å². The number of nitrogens with zero attached hydrogens (tertiary/aromatic N) is 2. The monoisotopic (exact) mass is 200 g/mol. The van der Waals surface area contributed by atoms with Gasteiger partial charge >= 0.3 is 0 Å². The van der Waals surface area contributed by atoms with Crippen molar-refractivity contribution in [2.75, 3.05) is 18.1 Å². The van der Waals surface area contributed by atoms with Crippen LogP contribution in [-0.4, -0.2) is 24.5 Å². The molecule has 1 aromatic heterocycles. The summed E-state index contributed by atoms with van der Waals surface area (Å²) in [6.07, 6.45) is 4.07. The molecule has 0 aliphatic carbocycles. The maximum atomic E-state index is 10.6. The van der Waals surface area contributed by atoms with Crippen LogP contribution in [0.15, 0.2) is 18.5 Å². The molecule has 0 fully saturated rings. The van der Waals surface area contributed by atoms with E-state index in [1.807, 2.05) is 0 Å². The summed E-state index contributed by atoms with van der Waals surface area (Å²) in [5, 5.41) is 0. The zero-order valence-corrected chi connectivity index (χ0v) is 7.66. The van der Waals surface area contributed by atoms with Gasteiger partial charge in [-0.3, -0.25) is 9.78 Å². The van der Waals surface area contributed by atoms with Crippen molar-refractivity contribution in [3.63, 3.8) is 0 Å². The Kier molecular flexibility index (Phi) is 3.08. The van der Waals surface area contributed by atoms with E-state index in [1.54, 1.807) is 23.4 Å². The molecule has 1 aliphatic heterocycles. The maximum absolute atomic E-state index is 10.6. The van der Waals surface area contributed by atoms with E-state index in [9.17, 15) is 4.79 Å². The number of aromatic nitrogens is 1. The lowest BCUT2D eigenvalue weighted by atomic mass is 10.3. The molecule has 5 heteroatoms. The van der Waals surface area contributed by atoms with E-state index in [1.165, 1.54) is 0 Å². The third-order valence-corrected chi connectivity index (χ3v) is 1.79. The van der Waals surface area contributed by atoms with E-state index in [-0.39, 0.29) is 12.4 Å². The molecular weight excluding hydrogens is 192 g/mol. The van der Waals surface area contributed by atoms with Crippen molar-refractivity contribution < 1.29 is 9.53 Å². The zero-order chi connectivity index (χ0) is 8.39. The number of hydrogen-bond acceptors (Lipinski definition) is 3. The highest BCUT2D eigenvalue weighted by molar-refractivity contribution is 5.85. The van der Waals surface area contributed by atoms with Gasteiger partial charge in [0.1, 0.15) is 18.0 Å². The van der Waals surface area contributed by atoms with Crippen LogP contribution in [0.4, 0.5) is 5.69 Å². The van der Waals surface area contributed by atoms with Crippen molar-refractivity contribution in [1.29, 1.82) is 0 Å². The molecule has 0 unspecified atom stereocenters. The van der Waals surface area contributed by atoms with Crippen LogP contribution in [0, 0.1) is 0 Å². The Morgan fingerprint density at radius 1 is 1.62 bits per heavy atom. The van der Waals surface area contributed by atoms with Crippen LogP contribution >= 0.6 is 12.4 Å². The Labute approximate surface area is 81.9 Å². The first-order chi connectivity index (χ1) is 5.92. The van der Waals surface area contributed by atoms with Gasteiger partial charge in [-0.25, -0.2) is 0 Å². The Morgan fingerprint density at radius 2 is 2.46 bits per heavy atom. The first kappa shape index (κ1) is 9.80. The van der Waals surface area contributed by atoms with Crippen LogP contribution in [0.2, 0.25) is 0 Å². The minimum Gasteiger partial charge on any atom is -0.489 e. The molecule has 0 saturated carbocycles. The summed E-state index contributed by atoms with van der Waals surface area (Å²) in [5.41, 5.74) is 0.749. The van der Waals surface area contributed by atoms with Crippen LogP contribution in [0.5, 0.6) is 5.75 Å². The van der Waals surface area contributed by atoms with Gasteiger partial charge < -0.3 is 9.64 Å². The molecule has 4 nitrogen and oxygen atoms in total. The number of hydrogen-bond donors (Lipinski definition) is 0. The van der Waals surface area contributed by atoms with Crippen molar-refractivity contribution in [3.8, 4) is 5.75 Å². The smallest absolute Gasteiger partial charge is 0.214 e. The Bertz CT molecular complexity index is 306. The number of fused-ring (bicyclic) bond motifs is 1. The number of rotatable bonds is 1. The summed E-state index contributed by atoms with van der Waals surface area (Å²) < 4.78 is 5.31. The molecule has 2 rings (SSSR count). The van der Waals surface area contributed by atoms with Crippen molar-refractivity contribution in [2.24, 2.45) is 0 Å². The number of carbonyl (C=O) groups excluding carboxylic acids is 1. The third-order valence-electron chi connectivity index (χ3n) is 1.79. The molecule has 70 valence electrons. The number of ether oxygens (including phenoxy) is 1. The van der Waals surface area contributed by atoms with Crippen molar-refractivity contribution >= 4 is 24.5 Å². The lowest BCUT2D eigenvalue weighted by Gasteiger charge is -2.25. The normalized spacial score (nSPS) is 13.7. The first-order valence-electron chi connectivity index (χ1n) is 3.70. The van der Waals surface area contributed by atoms with Gasteiger partial charge in [0.25, 0.3) is 0 Å². The average Bonchev–Trinajstić information content (AvgIpc) is 2.17. The predicted octanol–water partition coefficient (Wildman–Crippen LogP) is 0.859. The molecule has 13 heavy (non-hydrogen) atoms. The quantitative estimate of drug-likeness (QED) is 0.632. The molecule has 1 aliphatic rings. The lowest BCUT2D eigenvalue weighted by molar-refractivity contribution is -0.107. The molecule has 0 saturated heterocycles. The van der Waals surface area contributed by atoms with E-state index in [4.69, 9.17) is 4.74 Å². The average molecular weight is 201 g/mol. The molecule has 0 N–H and O–H groups in total. The summed E-state index contributed by atoms with van der Waals surface area (Å²) in [5.74, 6) is 0.725. The number of carbonyl (C=O) groups is 1.